The van der Waals surface area contributed by atoms with Crippen LogP contribution in [0.25, 0.3) is 15.7 Å². The van der Waals surface area contributed by atoms with Crippen LogP contribution < -0.4 is 10.1 Å². The maximum Gasteiger partial charge on any atom is 0.317 e. The number of nitrogens with zero attached hydrogens (tertiary/aromatic N) is 1. The molecule has 1 aromatic heterocycles. The van der Waals surface area contributed by atoms with Gasteiger partial charge >= 0.3 is 5.91 Å². The highest BCUT2D eigenvalue weighted by atomic mass is 32.1. The molecular formula is C26H26N2O4S. The molecule has 1 unspecified atom stereocenters. The third kappa shape index (κ3) is 4.07. The van der Waals surface area contributed by atoms with Gasteiger partial charge in [-0.1, -0.05) is 24.3 Å². The molecule has 3 aromatic rings. The average Bonchev–Trinajstić information content (AvgIpc) is 3.20. The number of benzene rings is 2. The fraction of sp³-hybridized carbons (Fsp3) is 0.346. The number of fused-ring (bicyclic) bond motifs is 2. The molecule has 0 aliphatic carbocycles. The van der Waals surface area contributed by atoms with Gasteiger partial charge in [0, 0.05) is 33.7 Å². The molecule has 1 atom stereocenters. The first-order chi connectivity index (χ1) is 16.1. The van der Waals surface area contributed by atoms with Gasteiger partial charge in [0.15, 0.2) is 0 Å². The van der Waals surface area contributed by atoms with E-state index in [2.05, 4.69) is 29.6 Å². The summed E-state index contributed by atoms with van der Waals surface area (Å²) in [5.41, 5.74) is 3.89. The van der Waals surface area contributed by atoms with Crippen molar-refractivity contribution in [3.8, 4) is 5.75 Å². The van der Waals surface area contributed by atoms with Crippen molar-refractivity contribution < 1.29 is 14.3 Å². The van der Waals surface area contributed by atoms with E-state index in [0.717, 1.165) is 42.2 Å². The summed E-state index contributed by atoms with van der Waals surface area (Å²) in [5.74, 6) is 0.237. The summed E-state index contributed by atoms with van der Waals surface area (Å²) < 4.78 is 12.8. The lowest BCUT2D eigenvalue weighted by Crippen LogP contribution is -2.23. The lowest BCUT2D eigenvalue weighted by Gasteiger charge is -2.29. The molecule has 3 heterocycles. The van der Waals surface area contributed by atoms with Gasteiger partial charge in [0.1, 0.15) is 5.75 Å². The van der Waals surface area contributed by atoms with Crippen LogP contribution in [0.5, 0.6) is 5.75 Å². The lowest BCUT2D eigenvalue weighted by atomic mass is 9.91. The Morgan fingerprint density at radius 3 is 2.73 bits per heavy atom. The quantitative estimate of drug-likeness (QED) is 0.459. The molecule has 0 saturated carbocycles. The molecule has 2 aliphatic heterocycles. The zero-order valence-corrected chi connectivity index (χ0v) is 19.5. The van der Waals surface area contributed by atoms with Gasteiger partial charge in [0.25, 0.3) is 0 Å². The van der Waals surface area contributed by atoms with Crippen LogP contribution in [0.4, 0.5) is 5.69 Å². The first-order valence-electron chi connectivity index (χ1n) is 11.3. The van der Waals surface area contributed by atoms with E-state index in [1.165, 1.54) is 15.6 Å². The third-order valence-electron chi connectivity index (χ3n) is 6.57. The first-order valence-corrected chi connectivity index (χ1v) is 12.1. The van der Waals surface area contributed by atoms with Crippen LogP contribution in [0.2, 0.25) is 0 Å². The van der Waals surface area contributed by atoms with Crippen LogP contribution >= 0.6 is 11.3 Å². The molecule has 7 heteroatoms. The highest BCUT2D eigenvalue weighted by molar-refractivity contribution is 7.19. The molecule has 6 nitrogen and oxygen atoms in total. The molecular weight excluding hydrogens is 436 g/mol. The smallest absolute Gasteiger partial charge is 0.317 e. The maximum absolute atomic E-state index is 12.7. The molecule has 170 valence electrons. The van der Waals surface area contributed by atoms with E-state index in [-0.39, 0.29) is 6.04 Å². The van der Waals surface area contributed by atoms with E-state index < -0.39 is 5.91 Å². The minimum absolute atomic E-state index is 0.236. The van der Waals surface area contributed by atoms with Crippen LogP contribution in [-0.2, 0) is 9.53 Å². The van der Waals surface area contributed by atoms with Crippen molar-refractivity contribution in [1.29, 1.82) is 0 Å². The van der Waals surface area contributed by atoms with Gasteiger partial charge in [-0.3, -0.25) is 4.79 Å². The van der Waals surface area contributed by atoms with Gasteiger partial charge in [0.2, 0.25) is 0 Å². The Morgan fingerprint density at radius 1 is 1.18 bits per heavy atom. The van der Waals surface area contributed by atoms with Crippen molar-refractivity contribution >= 4 is 38.6 Å². The predicted octanol–water partition coefficient (Wildman–Crippen LogP) is 6.17. The van der Waals surface area contributed by atoms with Crippen LogP contribution in [0, 0.1) is 24.7 Å². The van der Waals surface area contributed by atoms with Gasteiger partial charge in [-0.25, -0.2) is 0 Å². The number of thiophene rings is 1. The minimum Gasteiger partial charge on any atom is -0.493 e. The molecule has 5 rings (SSSR count). The number of carbonyl (C=O) groups excluding carboxylic acids is 1. The monoisotopic (exact) mass is 462 g/mol. The van der Waals surface area contributed by atoms with E-state index in [0.29, 0.717) is 29.4 Å². The van der Waals surface area contributed by atoms with E-state index in [9.17, 15) is 9.70 Å². The molecule has 1 fully saturated rings. The zero-order valence-electron chi connectivity index (χ0n) is 18.7. The number of anilines is 1. The molecule has 1 amide bonds. The van der Waals surface area contributed by atoms with E-state index in [1.54, 1.807) is 11.3 Å². The van der Waals surface area contributed by atoms with E-state index in [4.69, 9.17) is 9.47 Å². The molecule has 2 aromatic carbocycles. The van der Waals surface area contributed by atoms with Crippen molar-refractivity contribution in [1.82, 2.24) is 0 Å². The van der Waals surface area contributed by atoms with Gasteiger partial charge in [0.05, 0.1) is 23.8 Å². The second kappa shape index (κ2) is 9.08. The standard InChI is InChI=1S/C26H26N2O4S/c1-15-7-8-21(32-14-17-9-11-31-12-10-17)23-19(26(29)28-30)13-20(27-24(15)23)25-16(2)18-5-3-4-6-22(18)33-25/h3-8,13,17,20,27H,9-12,14H2,1-2H3. The summed E-state index contributed by atoms with van der Waals surface area (Å²) >= 11 is 1.70. The Balaban J connectivity index is 1.55. The topological polar surface area (TPSA) is 77.0 Å². The van der Waals surface area contributed by atoms with Crippen molar-refractivity contribution in [3.05, 3.63) is 68.9 Å². The number of nitrogens with one attached hydrogen (secondary N) is 1. The van der Waals surface area contributed by atoms with Gasteiger partial charge in [-0.2, -0.15) is 0 Å². The number of ether oxygens (including phenoxy) is 2. The molecule has 33 heavy (non-hydrogen) atoms. The van der Waals surface area contributed by atoms with Crippen molar-refractivity contribution in [2.75, 3.05) is 25.1 Å². The Morgan fingerprint density at radius 2 is 1.97 bits per heavy atom. The average molecular weight is 463 g/mol. The van der Waals surface area contributed by atoms with E-state index >= 15 is 0 Å². The molecule has 0 radical (unpaired) electrons. The molecule has 0 bridgehead atoms. The minimum atomic E-state index is -0.775. The molecule has 0 spiro atoms. The fourth-order valence-electron chi connectivity index (χ4n) is 4.69. The summed E-state index contributed by atoms with van der Waals surface area (Å²) in [6.45, 7) is 6.13. The molecule has 1 N–H and O–H groups in total. The van der Waals surface area contributed by atoms with Gasteiger partial charge < -0.3 is 14.8 Å². The summed E-state index contributed by atoms with van der Waals surface area (Å²) in [5, 5.41) is 7.58. The first kappa shape index (κ1) is 21.8. The SMILES string of the molecule is Cc1ccc(OCC2CCOCC2)c2c1NC(c1sc3ccccc3c1C)C=C2C(=O)N=O. The largest absolute Gasteiger partial charge is 0.493 e. The Kier molecular flexibility index (Phi) is 6.00. The lowest BCUT2D eigenvalue weighted by molar-refractivity contribution is -0.112. The normalized spacial score (nSPS) is 18.4. The highest BCUT2D eigenvalue weighted by Gasteiger charge is 2.31. The van der Waals surface area contributed by atoms with Crippen molar-refractivity contribution in [3.63, 3.8) is 0 Å². The highest BCUT2D eigenvalue weighted by Crippen LogP contribution is 2.46. The number of nitroso groups, excluding NO2 is 1. The van der Waals surface area contributed by atoms with Crippen LogP contribution in [-0.4, -0.2) is 25.7 Å². The zero-order chi connectivity index (χ0) is 22.9. The second-order valence-corrected chi connectivity index (χ2v) is 9.77. The van der Waals surface area contributed by atoms with Crippen LogP contribution in [0.15, 0.2) is 47.7 Å². The van der Waals surface area contributed by atoms with Crippen LogP contribution in [0.3, 0.4) is 0 Å². The summed E-state index contributed by atoms with van der Waals surface area (Å²) in [6.07, 6.45) is 3.73. The number of hydrogen-bond donors (Lipinski definition) is 1. The van der Waals surface area contributed by atoms with Crippen molar-refractivity contribution in [2.24, 2.45) is 11.1 Å². The number of amides is 1. The number of hydrogen-bond acceptors (Lipinski definition) is 6. The predicted molar refractivity (Wildman–Crippen MR) is 132 cm³/mol. The number of rotatable bonds is 5. The Labute approximate surface area is 196 Å². The fourth-order valence-corrected chi connectivity index (χ4v) is 5.92. The third-order valence-corrected chi connectivity index (χ3v) is 7.93. The number of carbonyl (C=O) groups is 1. The number of aryl methyl sites for hydroxylation is 2. The van der Waals surface area contributed by atoms with Gasteiger partial charge in [-0.05, 0) is 67.3 Å². The van der Waals surface area contributed by atoms with Crippen LogP contribution in [0.1, 0.15) is 40.5 Å². The van der Waals surface area contributed by atoms with E-state index in [1.807, 2.05) is 37.3 Å². The second-order valence-electron chi connectivity index (χ2n) is 8.68. The Hall–Kier alpha value is -3.03. The van der Waals surface area contributed by atoms with Gasteiger partial charge in [-0.15, -0.1) is 16.2 Å². The molecule has 1 saturated heterocycles. The Bertz CT molecular complexity index is 1260. The molecule has 2 aliphatic rings. The van der Waals surface area contributed by atoms with Crippen molar-refractivity contribution in [2.45, 2.75) is 32.7 Å². The summed E-state index contributed by atoms with van der Waals surface area (Å²) in [7, 11) is 0. The summed E-state index contributed by atoms with van der Waals surface area (Å²) in [6, 6.07) is 11.9. The maximum atomic E-state index is 12.7. The summed E-state index contributed by atoms with van der Waals surface area (Å²) in [4.78, 5) is 25.2.